The molecular weight excluding hydrogens is 418 g/mol. The predicted molar refractivity (Wildman–Crippen MR) is 121 cm³/mol. The molecule has 0 aliphatic carbocycles. The Kier molecular flexibility index (Phi) is 7.55. The molecular formula is C21H31N5O4S. The van der Waals surface area contributed by atoms with Gasteiger partial charge in [0.2, 0.25) is 16.0 Å². The Balaban J connectivity index is 1.79. The van der Waals surface area contributed by atoms with Gasteiger partial charge in [0, 0.05) is 50.6 Å². The van der Waals surface area contributed by atoms with Crippen molar-refractivity contribution in [1.29, 1.82) is 0 Å². The summed E-state index contributed by atoms with van der Waals surface area (Å²) in [5, 5.41) is 3.21. The number of hydrogen-bond acceptors (Lipinski definition) is 8. The van der Waals surface area contributed by atoms with Gasteiger partial charge in [0.1, 0.15) is 22.2 Å². The van der Waals surface area contributed by atoms with E-state index in [4.69, 9.17) is 9.47 Å². The fourth-order valence-electron chi connectivity index (χ4n) is 3.45. The van der Waals surface area contributed by atoms with Gasteiger partial charge in [-0.25, -0.2) is 13.4 Å². The van der Waals surface area contributed by atoms with Crippen LogP contribution >= 0.6 is 0 Å². The summed E-state index contributed by atoms with van der Waals surface area (Å²) in [5.74, 6) is 2.23. The Morgan fingerprint density at radius 1 is 1.00 bits per heavy atom. The maximum atomic E-state index is 13.4. The maximum absolute atomic E-state index is 13.4. The summed E-state index contributed by atoms with van der Waals surface area (Å²) in [7, 11) is -3.74. The van der Waals surface area contributed by atoms with E-state index < -0.39 is 10.0 Å². The van der Waals surface area contributed by atoms with E-state index in [1.165, 1.54) is 4.31 Å². The van der Waals surface area contributed by atoms with Gasteiger partial charge < -0.3 is 19.7 Å². The molecule has 170 valence electrons. The van der Waals surface area contributed by atoms with Crippen molar-refractivity contribution in [3.8, 4) is 11.5 Å². The van der Waals surface area contributed by atoms with Crippen molar-refractivity contribution in [1.82, 2.24) is 14.3 Å². The van der Waals surface area contributed by atoms with E-state index in [-0.39, 0.29) is 4.90 Å². The molecule has 0 atom stereocenters. The number of hydrogen-bond donors (Lipinski definition) is 1. The number of aryl methyl sites for hydroxylation is 1. The van der Waals surface area contributed by atoms with Crippen molar-refractivity contribution in [2.45, 2.75) is 32.6 Å². The van der Waals surface area contributed by atoms with Gasteiger partial charge in [-0.05, 0) is 39.8 Å². The molecule has 2 heterocycles. The van der Waals surface area contributed by atoms with Crippen LogP contribution in [-0.2, 0) is 10.0 Å². The molecule has 3 rings (SSSR count). The van der Waals surface area contributed by atoms with Gasteiger partial charge in [0.25, 0.3) is 0 Å². The number of sulfonamides is 1. The van der Waals surface area contributed by atoms with E-state index in [0.29, 0.717) is 56.8 Å². The Labute approximate surface area is 184 Å². The molecule has 1 saturated heterocycles. The average molecular weight is 450 g/mol. The van der Waals surface area contributed by atoms with E-state index >= 15 is 0 Å². The number of piperazine rings is 1. The van der Waals surface area contributed by atoms with Crippen LogP contribution in [-0.4, -0.2) is 68.6 Å². The highest BCUT2D eigenvalue weighted by molar-refractivity contribution is 7.89. The van der Waals surface area contributed by atoms with Gasteiger partial charge in [-0.1, -0.05) is 0 Å². The zero-order chi connectivity index (χ0) is 22.4. The number of nitrogens with zero attached hydrogens (tertiary/aromatic N) is 4. The number of benzene rings is 1. The summed E-state index contributed by atoms with van der Waals surface area (Å²) in [6.07, 6.45) is 0. The Hall–Kier alpha value is -2.59. The van der Waals surface area contributed by atoms with Crippen LogP contribution in [0.4, 0.5) is 11.8 Å². The predicted octanol–water partition coefficient (Wildman–Crippen LogP) is 2.53. The second-order valence-corrected chi connectivity index (χ2v) is 9.00. The molecule has 1 aromatic carbocycles. The molecule has 2 aromatic rings. The van der Waals surface area contributed by atoms with Crippen LogP contribution < -0.4 is 19.7 Å². The zero-order valence-electron chi connectivity index (χ0n) is 18.6. The highest BCUT2D eigenvalue weighted by atomic mass is 32.2. The summed E-state index contributed by atoms with van der Waals surface area (Å²) in [5.41, 5.74) is 0.866. The maximum Gasteiger partial charge on any atom is 0.247 e. The molecule has 0 saturated carbocycles. The standard InChI is InChI=1S/C21H31N5O4S/c1-5-22-20-14-16(4)23-21(24-20)25-10-12-26(13-11-25)31(27,28)19-15-17(29-6-2)8-9-18(19)30-7-3/h8-9,14-15H,5-7,10-13H2,1-4H3,(H,22,23,24). The largest absolute Gasteiger partial charge is 0.494 e. The second kappa shape index (κ2) is 10.1. The first-order valence-corrected chi connectivity index (χ1v) is 12.1. The van der Waals surface area contributed by atoms with Crippen molar-refractivity contribution in [3.63, 3.8) is 0 Å². The third kappa shape index (κ3) is 5.37. The normalized spacial score (nSPS) is 15.0. The number of rotatable bonds is 9. The van der Waals surface area contributed by atoms with Gasteiger partial charge >= 0.3 is 0 Å². The molecule has 1 N–H and O–H groups in total. The fraction of sp³-hybridized carbons (Fsp3) is 0.524. The Bertz CT molecular complexity index is 991. The molecule has 1 aliphatic heterocycles. The molecule has 0 spiro atoms. The molecule has 0 bridgehead atoms. The molecule has 0 radical (unpaired) electrons. The first-order chi connectivity index (χ1) is 14.9. The molecule has 1 aliphatic rings. The van der Waals surface area contributed by atoms with E-state index in [1.54, 1.807) is 18.2 Å². The molecule has 0 unspecified atom stereocenters. The second-order valence-electron chi connectivity index (χ2n) is 7.09. The lowest BCUT2D eigenvalue weighted by Gasteiger charge is -2.34. The topological polar surface area (TPSA) is 96.9 Å². The molecule has 0 amide bonds. The quantitative estimate of drug-likeness (QED) is 0.624. The molecule has 9 nitrogen and oxygen atoms in total. The summed E-state index contributed by atoms with van der Waals surface area (Å²) in [6, 6.07) is 6.82. The van der Waals surface area contributed by atoms with Gasteiger partial charge in [0.05, 0.1) is 13.2 Å². The highest BCUT2D eigenvalue weighted by Gasteiger charge is 2.32. The number of aromatic nitrogens is 2. The Morgan fingerprint density at radius 3 is 2.35 bits per heavy atom. The van der Waals surface area contributed by atoms with Crippen LogP contribution in [0.3, 0.4) is 0 Å². The average Bonchev–Trinajstić information content (AvgIpc) is 2.75. The molecule has 31 heavy (non-hydrogen) atoms. The van der Waals surface area contributed by atoms with E-state index in [9.17, 15) is 8.42 Å². The van der Waals surface area contributed by atoms with Crippen LogP contribution in [0.1, 0.15) is 26.5 Å². The first kappa shape index (κ1) is 23.1. The molecule has 10 heteroatoms. The summed E-state index contributed by atoms with van der Waals surface area (Å²) in [6.45, 7) is 10.9. The van der Waals surface area contributed by atoms with E-state index in [2.05, 4.69) is 15.3 Å². The third-order valence-corrected chi connectivity index (χ3v) is 6.79. The minimum Gasteiger partial charge on any atom is -0.494 e. The monoisotopic (exact) mass is 449 g/mol. The van der Waals surface area contributed by atoms with E-state index in [1.807, 2.05) is 38.7 Å². The number of ether oxygens (including phenoxy) is 2. The van der Waals surface area contributed by atoms with Crippen LogP contribution in [0, 0.1) is 6.92 Å². The SMILES string of the molecule is CCNc1cc(C)nc(N2CCN(S(=O)(=O)c3cc(OCC)ccc3OCC)CC2)n1. The summed E-state index contributed by atoms with van der Waals surface area (Å²) < 4.78 is 39.4. The third-order valence-electron chi connectivity index (χ3n) is 4.87. The summed E-state index contributed by atoms with van der Waals surface area (Å²) >= 11 is 0. The lowest BCUT2D eigenvalue weighted by Crippen LogP contribution is -2.49. The van der Waals surface area contributed by atoms with Crippen molar-refractivity contribution in [3.05, 3.63) is 30.0 Å². The lowest BCUT2D eigenvalue weighted by molar-refractivity contribution is 0.319. The Morgan fingerprint density at radius 2 is 1.71 bits per heavy atom. The van der Waals surface area contributed by atoms with Crippen LogP contribution in [0.15, 0.2) is 29.2 Å². The van der Waals surface area contributed by atoms with Crippen LogP contribution in [0.5, 0.6) is 11.5 Å². The molecule has 1 aromatic heterocycles. The number of nitrogens with one attached hydrogen (secondary N) is 1. The van der Waals surface area contributed by atoms with Crippen LogP contribution in [0.25, 0.3) is 0 Å². The van der Waals surface area contributed by atoms with Crippen molar-refractivity contribution in [2.24, 2.45) is 0 Å². The van der Waals surface area contributed by atoms with Gasteiger partial charge in [-0.2, -0.15) is 9.29 Å². The zero-order valence-corrected chi connectivity index (χ0v) is 19.4. The smallest absolute Gasteiger partial charge is 0.247 e. The van der Waals surface area contributed by atoms with Crippen LogP contribution in [0.2, 0.25) is 0 Å². The highest BCUT2D eigenvalue weighted by Crippen LogP contribution is 2.31. The summed E-state index contributed by atoms with van der Waals surface area (Å²) in [4.78, 5) is 11.2. The van der Waals surface area contributed by atoms with Gasteiger partial charge in [-0.3, -0.25) is 0 Å². The van der Waals surface area contributed by atoms with Crippen molar-refractivity contribution < 1.29 is 17.9 Å². The lowest BCUT2D eigenvalue weighted by atomic mass is 10.3. The minimum absolute atomic E-state index is 0.134. The van der Waals surface area contributed by atoms with Crippen molar-refractivity contribution >= 4 is 21.8 Å². The van der Waals surface area contributed by atoms with Crippen molar-refractivity contribution in [2.75, 3.05) is 56.2 Å². The number of anilines is 2. The first-order valence-electron chi connectivity index (χ1n) is 10.6. The van der Waals surface area contributed by atoms with E-state index in [0.717, 1.165) is 18.1 Å². The van der Waals surface area contributed by atoms with Gasteiger partial charge in [-0.15, -0.1) is 0 Å². The van der Waals surface area contributed by atoms with Gasteiger partial charge in [0.15, 0.2) is 0 Å². The molecule has 1 fully saturated rings. The minimum atomic E-state index is -3.74. The fourth-order valence-corrected chi connectivity index (χ4v) is 5.02.